The lowest BCUT2D eigenvalue weighted by molar-refractivity contribution is 0.102. The Labute approximate surface area is 144 Å². The lowest BCUT2D eigenvalue weighted by atomic mass is 10.1. The van der Waals surface area contributed by atoms with Crippen LogP contribution in [0.1, 0.15) is 22.8 Å². The van der Waals surface area contributed by atoms with Crippen molar-refractivity contribution in [3.05, 3.63) is 68.7 Å². The van der Waals surface area contributed by atoms with Crippen molar-refractivity contribution in [3.63, 3.8) is 0 Å². The zero-order valence-corrected chi connectivity index (χ0v) is 14.2. The average Bonchev–Trinajstić information content (AvgIpc) is 2.59. The Morgan fingerprint density at radius 1 is 1.25 bits per heavy atom. The van der Waals surface area contributed by atoms with Crippen LogP contribution in [0.4, 0.5) is 5.69 Å². The first-order valence-electron chi connectivity index (χ1n) is 7.63. The second-order valence-corrected chi connectivity index (χ2v) is 5.91. The highest BCUT2D eigenvalue weighted by Gasteiger charge is 2.11. The van der Waals surface area contributed by atoms with Gasteiger partial charge in [0.2, 0.25) is 0 Å². The van der Waals surface area contributed by atoms with Crippen molar-refractivity contribution in [2.45, 2.75) is 13.3 Å². The molecule has 3 rings (SSSR count). The number of carbonyl (C=O) groups excluding carboxylic acids is 1. The Balaban J connectivity index is 2.00. The van der Waals surface area contributed by atoms with Gasteiger partial charge < -0.3 is 10.3 Å². The van der Waals surface area contributed by atoms with Crippen LogP contribution < -0.4 is 10.9 Å². The van der Waals surface area contributed by atoms with Crippen LogP contribution in [-0.4, -0.2) is 15.5 Å². The number of fused-ring (bicyclic) bond motifs is 1. The molecule has 2 aromatic carbocycles. The van der Waals surface area contributed by atoms with Crippen molar-refractivity contribution in [2.75, 3.05) is 5.32 Å². The van der Waals surface area contributed by atoms with Gasteiger partial charge in [-0.25, -0.2) is 0 Å². The van der Waals surface area contributed by atoms with Crippen LogP contribution in [0.2, 0.25) is 0 Å². The number of rotatable bonds is 3. The molecular formula is C18H17N3O2S. The highest BCUT2D eigenvalue weighted by molar-refractivity contribution is 7.71. The minimum absolute atomic E-state index is 0.183. The number of para-hydroxylation sites is 1. The minimum Gasteiger partial charge on any atom is -0.332 e. The molecule has 0 saturated heterocycles. The number of anilines is 1. The van der Waals surface area contributed by atoms with E-state index in [9.17, 15) is 9.59 Å². The smallest absolute Gasteiger partial charge is 0.261 e. The fourth-order valence-corrected chi connectivity index (χ4v) is 2.79. The number of benzene rings is 2. The Hall–Kier alpha value is -2.73. The summed E-state index contributed by atoms with van der Waals surface area (Å²) in [5.41, 5.74) is 2.70. The van der Waals surface area contributed by atoms with Crippen LogP contribution in [0.15, 0.2) is 47.3 Å². The number of amides is 1. The summed E-state index contributed by atoms with van der Waals surface area (Å²) in [6, 6.07) is 12.6. The van der Waals surface area contributed by atoms with Crippen molar-refractivity contribution in [1.82, 2.24) is 9.55 Å². The summed E-state index contributed by atoms with van der Waals surface area (Å²) in [6.45, 7) is 2.04. The predicted molar refractivity (Wildman–Crippen MR) is 98.1 cm³/mol. The molecule has 1 heterocycles. The van der Waals surface area contributed by atoms with Gasteiger partial charge in [-0.15, -0.1) is 0 Å². The fraction of sp³-hybridized carbons (Fsp3) is 0.167. The van der Waals surface area contributed by atoms with E-state index in [2.05, 4.69) is 10.3 Å². The number of aromatic nitrogens is 2. The van der Waals surface area contributed by atoms with E-state index >= 15 is 0 Å². The highest BCUT2D eigenvalue weighted by Crippen LogP contribution is 2.18. The van der Waals surface area contributed by atoms with Gasteiger partial charge in [0.1, 0.15) is 0 Å². The van der Waals surface area contributed by atoms with Crippen molar-refractivity contribution >= 4 is 34.7 Å². The summed E-state index contributed by atoms with van der Waals surface area (Å²) >= 11 is 5.12. The topological polar surface area (TPSA) is 66.9 Å². The Morgan fingerprint density at radius 3 is 2.75 bits per heavy atom. The molecule has 0 fully saturated rings. The first-order chi connectivity index (χ1) is 11.5. The van der Waals surface area contributed by atoms with Crippen LogP contribution >= 0.6 is 12.2 Å². The normalized spacial score (nSPS) is 10.8. The molecule has 0 atom stereocenters. The average molecular weight is 339 g/mol. The van der Waals surface area contributed by atoms with E-state index in [-0.39, 0.29) is 11.5 Å². The van der Waals surface area contributed by atoms with Crippen LogP contribution in [0, 0.1) is 4.77 Å². The monoisotopic (exact) mass is 339 g/mol. The molecule has 6 heteroatoms. The molecule has 0 radical (unpaired) electrons. The summed E-state index contributed by atoms with van der Waals surface area (Å²) in [5.74, 6) is -0.224. The van der Waals surface area contributed by atoms with E-state index in [4.69, 9.17) is 12.2 Å². The molecule has 3 aromatic rings. The summed E-state index contributed by atoms with van der Waals surface area (Å²) in [6.07, 6.45) is 0.831. The van der Waals surface area contributed by atoms with Gasteiger partial charge in [0.05, 0.1) is 10.9 Å². The molecule has 0 unspecified atom stereocenters. The molecule has 0 saturated carbocycles. The van der Waals surface area contributed by atoms with Gasteiger partial charge in [-0.1, -0.05) is 25.1 Å². The van der Waals surface area contributed by atoms with E-state index in [1.807, 2.05) is 31.2 Å². The largest absolute Gasteiger partial charge is 0.332 e. The first kappa shape index (κ1) is 16.1. The molecule has 0 aliphatic carbocycles. The maximum absolute atomic E-state index is 12.5. The number of nitrogens with one attached hydrogen (secondary N) is 2. The molecule has 5 nitrogen and oxygen atoms in total. The second kappa shape index (κ2) is 6.41. The Morgan fingerprint density at radius 2 is 2.00 bits per heavy atom. The molecule has 1 aromatic heterocycles. The van der Waals surface area contributed by atoms with Crippen LogP contribution in [-0.2, 0) is 13.5 Å². The maximum Gasteiger partial charge on any atom is 0.261 e. The van der Waals surface area contributed by atoms with Crippen molar-refractivity contribution in [1.29, 1.82) is 0 Å². The van der Waals surface area contributed by atoms with Crippen LogP contribution in [0.5, 0.6) is 0 Å². The molecule has 24 heavy (non-hydrogen) atoms. The number of hydrogen-bond donors (Lipinski definition) is 2. The predicted octanol–water partition coefficient (Wildman–Crippen LogP) is 3.41. The molecule has 2 N–H and O–H groups in total. The number of aryl methyl sites for hydroxylation is 1. The van der Waals surface area contributed by atoms with Crippen molar-refractivity contribution < 1.29 is 4.79 Å². The zero-order chi connectivity index (χ0) is 17.3. The summed E-state index contributed by atoms with van der Waals surface area (Å²) in [7, 11) is 1.61. The fourth-order valence-electron chi connectivity index (χ4n) is 2.59. The van der Waals surface area contributed by atoms with Gasteiger partial charge in [0.15, 0.2) is 4.77 Å². The van der Waals surface area contributed by atoms with E-state index in [1.54, 1.807) is 25.2 Å². The summed E-state index contributed by atoms with van der Waals surface area (Å²) in [5, 5.41) is 3.42. The number of H-pyrrole nitrogens is 1. The second-order valence-electron chi connectivity index (χ2n) is 5.52. The third-order valence-electron chi connectivity index (χ3n) is 4.01. The molecule has 1 amide bonds. The molecule has 0 bridgehead atoms. The third kappa shape index (κ3) is 2.88. The van der Waals surface area contributed by atoms with E-state index in [1.165, 1.54) is 4.57 Å². The number of nitrogens with zero attached hydrogens (tertiary/aromatic N) is 1. The molecule has 122 valence electrons. The lowest BCUT2D eigenvalue weighted by Gasteiger charge is -2.10. The van der Waals surface area contributed by atoms with Crippen molar-refractivity contribution in [2.24, 2.45) is 7.05 Å². The van der Waals surface area contributed by atoms with Gasteiger partial charge in [-0.2, -0.15) is 0 Å². The Bertz CT molecular complexity index is 1050. The molecule has 0 aliphatic heterocycles. The third-order valence-corrected chi connectivity index (χ3v) is 4.39. The Kier molecular flexibility index (Phi) is 4.31. The molecule has 0 aliphatic rings. The minimum atomic E-state index is -0.224. The zero-order valence-electron chi connectivity index (χ0n) is 13.4. The van der Waals surface area contributed by atoms with Crippen LogP contribution in [0.3, 0.4) is 0 Å². The summed E-state index contributed by atoms with van der Waals surface area (Å²) in [4.78, 5) is 27.7. The number of aromatic amines is 1. The quantitative estimate of drug-likeness (QED) is 0.719. The van der Waals surface area contributed by atoms with Gasteiger partial charge in [0, 0.05) is 18.3 Å². The van der Waals surface area contributed by atoms with Gasteiger partial charge >= 0.3 is 0 Å². The first-order valence-corrected chi connectivity index (χ1v) is 8.04. The lowest BCUT2D eigenvalue weighted by Crippen LogP contribution is -2.19. The summed E-state index contributed by atoms with van der Waals surface area (Å²) < 4.78 is 1.69. The van der Waals surface area contributed by atoms with Gasteiger partial charge in [-0.3, -0.25) is 14.2 Å². The van der Waals surface area contributed by atoms with E-state index in [0.717, 1.165) is 17.7 Å². The standard InChI is InChI=1S/C18H17N3O2S/c1-3-11-6-4-5-7-14(11)19-16(22)12-8-9-13-15(10-12)20-18(24)21(2)17(13)23/h4-10H,3H2,1-2H3,(H,19,22)(H,20,24). The van der Waals surface area contributed by atoms with Crippen LogP contribution in [0.25, 0.3) is 10.9 Å². The molecular weight excluding hydrogens is 322 g/mol. The maximum atomic E-state index is 12.5. The number of hydrogen-bond acceptors (Lipinski definition) is 3. The SMILES string of the molecule is CCc1ccccc1NC(=O)c1ccc2c(=O)n(C)c(=S)[nH]c2c1. The molecule has 0 spiro atoms. The van der Waals surface area contributed by atoms with E-state index < -0.39 is 0 Å². The highest BCUT2D eigenvalue weighted by atomic mass is 32.1. The van der Waals surface area contributed by atoms with Gasteiger partial charge in [-0.05, 0) is 48.5 Å². The van der Waals surface area contributed by atoms with Crippen molar-refractivity contribution in [3.8, 4) is 0 Å². The number of carbonyl (C=O) groups is 1. The van der Waals surface area contributed by atoms with E-state index in [0.29, 0.717) is 21.2 Å². The van der Waals surface area contributed by atoms with Gasteiger partial charge in [0.25, 0.3) is 11.5 Å².